The highest BCUT2D eigenvalue weighted by molar-refractivity contribution is 6.30. The number of hydrogen-bond donors (Lipinski definition) is 1. The van der Waals surface area contributed by atoms with Crippen LogP contribution in [-0.4, -0.2) is 23.0 Å². The number of piperidine rings is 1. The molecule has 0 saturated carbocycles. The predicted octanol–water partition coefficient (Wildman–Crippen LogP) is 2.67. The number of benzene rings is 1. The third-order valence-electron chi connectivity index (χ3n) is 4.43. The van der Waals surface area contributed by atoms with Crippen molar-refractivity contribution in [3.05, 3.63) is 34.3 Å². The van der Waals surface area contributed by atoms with Crippen LogP contribution in [0.4, 0.5) is 0 Å². The van der Waals surface area contributed by atoms with Gasteiger partial charge in [0.25, 0.3) is 0 Å². The van der Waals surface area contributed by atoms with Gasteiger partial charge < -0.3 is 10.6 Å². The van der Waals surface area contributed by atoms with Crippen LogP contribution in [0.3, 0.4) is 0 Å². The summed E-state index contributed by atoms with van der Waals surface area (Å²) in [7, 11) is 0. The van der Waals surface area contributed by atoms with E-state index in [1.165, 1.54) is 11.1 Å². The van der Waals surface area contributed by atoms with Gasteiger partial charge in [-0.2, -0.15) is 0 Å². The summed E-state index contributed by atoms with van der Waals surface area (Å²) in [4.78, 5) is 14.0. The second-order valence-corrected chi connectivity index (χ2v) is 6.07. The first kappa shape index (κ1) is 12.9. The lowest BCUT2D eigenvalue weighted by Crippen LogP contribution is -2.55. The van der Waals surface area contributed by atoms with E-state index in [1.54, 1.807) is 0 Å². The van der Waals surface area contributed by atoms with Crippen molar-refractivity contribution >= 4 is 17.5 Å². The summed E-state index contributed by atoms with van der Waals surface area (Å²) in [6.45, 7) is 1.90. The third kappa shape index (κ3) is 2.15. The minimum Gasteiger partial charge on any atom is -0.324 e. The van der Waals surface area contributed by atoms with Crippen molar-refractivity contribution in [2.45, 2.75) is 50.7 Å². The van der Waals surface area contributed by atoms with Gasteiger partial charge in [-0.3, -0.25) is 4.79 Å². The molecular formula is C15H19ClN2O. The lowest BCUT2D eigenvalue weighted by atomic mass is 9.74. The fraction of sp³-hybridized carbons (Fsp3) is 0.533. The molecule has 1 aliphatic heterocycles. The van der Waals surface area contributed by atoms with Crippen LogP contribution in [-0.2, 0) is 11.2 Å². The van der Waals surface area contributed by atoms with Crippen LogP contribution in [0.25, 0.3) is 0 Å². The molecule has 2 aliphatic rings. The molecule has 0 bridgehead atoms. The number of fused-ring (bicyclic) bond motifs is 3. The quantitative estimate of drug-likeness (QED) is 0.858. The molecule has 19 heavy (non-hydrogen) atoms. The molecule has 2 N–H and O–H groups in total. The second kappa shape index (κ2) is 4.80. The molecule has 0 unspecified atom stereocenters. The third-order valence-corrected chi connectivity index (χ3v) is 4.67. The number of aryl methyl sites for hydroxylation is 1. The molecule has 1 amide bonds. The van der Waals surface area contributed by atoms with E-state index in [-0.39, 0.29) is 18.1 Å². The van der Waals surface area contributed by atoms with Crippen molar-refractivity contribution in [1.82, 2.24) is 4.90 Å². The standard InChI is InChI=1S/C15H19ClN2O/c1-9(17)18-14-6-2-10-8-11(16)3-4-12(10)13(14)5-7-15(18)19/h3-4,8-9,13-14H,2,5-7,17H2,1H3/t9-,13+,14+/m0/s1. The van der Waals surface area contributed by atoms with Crippen LogP contribution in [0, 0.1) is 0 Å². The molecule has 1 fully saturated rings. The zero-order valence-corrected chi connectivity index (χ0v) is 11.9. The summed E-state index contributed by atoms with van der Waals surface area (Å²) >= 11 is 6.07. The largest absolute Gasteiger partial charge is 0.324 e. The van der Waals surface area contributed by atoms with Gasteiger partial charge in [0, 0.05) is 23.4 Å². The number of carbonyl (C=O) groups is 1. The lowest BCUT2D eigenvalue weighted by molar-refractivity contribution is -0.140. The van der Waals surface area contributed by atoms with E-state index < -0.39 is 0 Å². The zero-order chi connectivity index (χ0) is 13.6. The summed E-state index contributed by atoms with van der Waals surface area (Å²) in [5.41, 5.74) is 8.69. The average molecular weight is 279 g/mol. The van der Waals surface area contributed by atoms with Crippen molar-refractivity contribution in [2.75, 3.05) is 0 Å². The molecular weight excluding hydrogens is 260 g/mol. The summed E-state index contributed by atoms with van der Waals surface area (Å²) in [5, 5.41) is 0.799. The monoisotopic (exact) mass is 278 g/mol. The van der Waals surface area contributed by atoms with Gasteiger partial charge in [-0.05, 0) is 49.4 Å². The molecule has 3 nitrogen and oxygen atoms in total. The molecule has 1 aliphatic carbocycles. The molecule has 1 heterocycles. The Morgan fingerprint density at radius 2 is 2.16 bits per heavy atom. The van der Waals surface area contributed by atoms with Gasteiger partial charge in [-0.15, -0.1) is 0 Å². The zero-order valence-electron chi connectivity index (χ0n) is 11.1. The Morgan fingerprint density at radius 3 is 2.89 bits per heavy atom. The van der Waals surface area contributed by atoms with Gasteiger partial charge in [0.15, 0.2) is 0 Å². The number of nitrogens with zero attached hydrogens (tertiary/aromatic N) is 1. The maximum Gasteiger partial charge on any atom is 0.224 e. The maximum absolute atomic E-state index is 12.1. The van der Waals surface area contributed by atoms with E-state index in [0.29, 0.717) is 12.3 Å². The van der Waals surface area contributed by atoms with Gasteiger partial charge in [0.1, 0.15) is 0 Å². The summed E-state index contributed by atoms with van der Waals surface area (Å²) in [5.74, 6) is 0.624. The number of hydrogen-bond acceptors (Lipinski definition) is 2. The van der Waals surface area contributed by atoms with Gasteiger partial charge in [-0.25, -0.2) is 0 Å². The minimum absolute atomic E-state index is 0.200. The highest BCUT2D eigenvalue weighted by atomic mass is 35.5. The SMILES string of the molecule is C[C@@H](N)N1C(=O)CC[C@@H]2c3ccc(Cl)cc3CC[C@H]21. The van der Waals surface area contributed by atoms with E-state index in [2.05, 4.69) is 12.1 Å². The molecule has 1 saturated heterocycles. The molecule has 102 valence electrons. The van der Waals surface area contributed by atoms with Gasteiger partial charge in [0.05, 0.1) is 6.17 Å². The fourth-order valence-electron chi connectivity index (χ4n) is 3.67. The Balaban J connectivity index is 1.98. The Labute approximate surface area is 118 Å². The Hall–Kier alpha value is -1.06. The molecule has 0 aromatic heterocycles. The lowest BCUT2D eigenvalue weighted by Gasteiger charge is -2.46. The van der Waals surface area contributed by atoms with E-state index in [9.17, 15) is 4.79 Å². The number of halogens is 1. The molecule has 3 atom stereocenters. The molecule has 4 heteroatoms. The summed E-state index contributed by atoms with van der Waals surface area (Å²) in [6.07, 6.45) is 3.31. The van der Waals surface area contributed by atoms with Crippen LogP contribution < -0.4 is 5.73 Å². The number of rotatable bonds is 1. The Morgan fingerprint density at radius 1 is 1.37 bits per heavy atom. The van der Waals surface area contributed by atoms with Crippen LogP contribution in [0.2, 0.25) is 5.02 Å². The van der Waals surface area contributed by atoms with Crippen molar-refractivity contribution in [3.63, 3.8) is 0 Å². The molecule has 0 radical (unpaired) electrons. The first-order valence-corrected chi connectivity index (χ1v) is 7.31. The minimum atomic E-state index is -0.200. The second-order valence-electron chi connectivity index (χ2n) is 5.64. The fourth-order valence-corrected chi connectivity index (χ4v) is 3.86. The summed E-state index contributed by atoms with van der Waals surface area (Å²) < 4.78 is 0. The van der Waals surface area contributed by atoms with E-state index in [4.69, 9.17) is 17.3 Å². The molecule has 3 rings (SSSR count). The highest BCUT2D eigenvalue weighted by Crippen LogP contribution is 2.42. The average Bonchev–Trinajstić information content (AvgIpc) is 2.37. The van der Waals surface area contributed by atoms with Crippen LogP contribution in [0.1, 0.15) is 43.2 Å². The van der Waals surface area contributed by atoms with Crippen LogP contribution in [0.15, 0.2) is 18.2 Å². The van der Waals surface area contributed by atoms with Crippen LogP contribution >= 0.6 is 11.6 Å². The van der Waals surface area contributed by atoms with Gasteiger partial charge in [0.2, 0.25) is 5.91 Å². The van der Waals surface area contributed by atoms with E-state index in [0.717, 1.165) is 24.3 Å². The Kier molecular flexibility index (Phi) is 3.27. The van der Waals surface area contributed by atoms with Crippen molar-refractivity contribution in [3.8, 4) is 0 Å². The first-order chi connectivity index (χ1) is 9.08. The first-order valence-electron chi connectivity index (χ1n) is 6.93. The van der Waals surface area contributed by atoms with Crippen molar-refractivity contribution in [2.24, 2.45) is 5.73 Å². The van der Waals surface area contributed by atoms with Gasteiger partial charge >= 0.3 is 0 Å². The maximum atomic E-state index is 12.1. The smallest absolute Gasteiger partial charge is 0.224 e. The predicted molar refractivity (Wildman–Crippen MR) is 76.0 cm³/mol. The highest BCUT2D eigenvalue weighted by Gasteiger charge is 2.40. The van der Waals surface area contributed by atoms with Crippen molar-refractivity contribution in [1.29, 1.82) is 0 Å². The number of nitrogens with two attached hydrogens (primary N) is 1. The number of likely N-dealkylation sites (tertiary alicyclic amines) is 1. The Bertz CT molecular complexity index is 515. The van der Waals surface area contributed by atoms with Gasteiger partial charge in [-0.1, -0.05) is 17.7 Å². The van der Waals surface area contributed by atoms with Crippen LogP contribution in [0.5, 0.6) is 0 Å². The molecule has 1 aromatic rings. The molecule has 0 spiro atoms. The topological polar surface area (TPSA) is 46.3 Å². The van der Waals surface area contributed by atoms with E-state index >= 15 is 0 Å². The number of amides is 1. The normalized spacial score (nSPS) is 27.7. The van der Waals surface area contributed by atoms with E-state index in [1.807, 2.05) is 17.9 Å². The van der Waals surface area contributed by atoms with Crippen molar-refractivity contribution < 1.29 is 4.79 Å². The number of carbonyl (C=O) groups excluding carboxylic acids is 1. The summed E-state index contributed by atoms with van der Waals surface area (Å²) in [6, 6.07) is 6.41. The molecule has 1 aromatic carbocycles.